The van der Waals surface area contributed by atoms with Crippen molar-refractivity contribution in [3.05, 3.63) is 45.6 Å². The summed E-state index contributed by atoms with van der Waals surface area (Å²) in [5.41, 5.74) is 1.21. The Morgan fingerprint density at radius 1 is 1.15 bits per heavy atom. The number of aldehydes is 1. The molecule has 12 nitrogen and oxygen atoms in total. The normalized spacial score (nSPS) is 18.0. The first kappa shape index (κ1) is 29.5. The third kappa shape index (κ3) is 7.16. The number of ether oxygens (including phenoxy) is 2. The second-order valence-electron chi connectivity index (χ2n) is 9.15. The number of carboxylic acid groups (broad SMARTS) is 1. The third-order valence-corrected chi connectivity index (χ3v) is 7.63. The quantitative estimate of drug-likeness (QED) is 0.203. The number of morpholine rings is 1. The van der Waals surface area contributed by atoms with Gasteiger partial charge in [-0.3, -0.25) is 19.8 Å². The fraction of sp³-hybridized carbons (Fsp3) is 0.423. The van der Waals surface area contributed by atoms with E-state index >= 15 is 0 Å². The molecule has 2 aromatic rings. The van der Waals surface area contributed by atoms with Gasteiger partial charge in [0.15, 0.2) is 6.17 Å². The lowest BCUT2D eigenvalue weighted by Gasteiger charge is -2.30. The first-order chi connectivity index (χ1) is 19.3. The van der Waals surface area contributed by atoms with Crippen LogP contribution >= 0.6 is 22.9 Å². The van der Waals surface area contributed by atoms with Crippen molar-refractivity contribution in [1.82, 2.24) is 10.2 Å². The molecule has 1 aromatic heterocycles. The number of aliphatic carboxylic acids is 1. The van der Waals surface area contributed by atoms with Gasteiger partial charge in [-0.1, -0.05) is 11.6 Å². The molecule has 2 saturated heterocycles. The molecule has 0 saturated carbocycles. The van der Waals surface area contributed by atoms with Gasteiger partial charge in [-0.15, -0.1) is 11.3 Å². The van der Waals surface area contributed by atoms with E-state index in [4.69, 9.17) is 21.1 Å². The molecule has 214 valence electrons. The lowest BCUT2D eigenvalue weighted by atomic mass is 10.2. The van der Waals surface area contributed by atoms with Crippen LogP contribution in [0.15, 0.2) is 36.4 Å². The fourth-order valence-corrected chi connectivity index (χ4v) is 5.45. The highest BCUT2D eigenvalue weighted by molar-refractivity contribution is 7.18. The molecule has 0 unspecified atom stereocenters. The Labute approximate surface area is 239 Å². The van der Waals surface area contributed by atoms with E-state index < -0.39 is 30.2 Å². The molecular formula is C26H29ClN4O8S. The average molecular weight is 593 g/mol. The third-order valence-electron chi connectivity index (χ3n) is 6.41. The number of thiophene rings is 1. The summed E-state index contributed by atoms with van der Waals surface area (Å²) >= 11 is 7.03. The summed E-state index contributed by atoms with van der Waals surface area (Å²) in [5.74, 6) is -2.00. The minimum Gasteiger partial charge on any atom is -0.479 e. The zero-order chi connectivity index (χ0) is 28.6. The number of nitrogens with zero attached hydrogens (tertiary/aromatic N) is 3. The van der Waals surface area contributed by atoms with Gasteiger partial charge in [0, 0.05) is 24.3 Å². The van der Waals surface area contributed by atoms with E-state index in [1.165, 1.54) is 11.0 Å². The second kappa shape index (κ2) is 13.7. The molecule has 1 aromatic carbocycles. The predicted molar refractivity (Wildman–Crippen MR) is 147 cm³/mol. The van der Waals surface area contributed by atoms with Gasteiger partial charge >= 0.3 is 12.1 Å². The van der Waals surface area contributed by atoms with E-state index in [-0.39, 0.29) is 37.0 Å². The zero-order valence-corrected chi connectivity index (χ0v) is 23.1. The highest BCUT2D eigenvalue weighted by Crippen LogP contribution is 2.28. The molecule has 0 bridgehead atoms. The smallest absolute Gasteiger partial charge is 0.414 e. The molecule has 2 aliphatic heterocycles. The van der Waals surface area contributed by atoms with Gasteiger partial charge in [0.05, 0.1) is 28.9 Å². The lowest BCUT2D eigenvalue weighted by Crippen LogP contribution is -2.56. The van der Waals surface area contributed by atoms with E-state index in [1.54, 1.807) is 35.2 Å². The van der Waals surface area contributed by atoms with E-state index in [1.807, 2.05) is 0 Å². The first-order valence-electron chi connectivity index (χ1n) is 12.7. The number of carbonyl (C=O) groups excluding carboxylic acids is 4. The predicted octanol–water partition coefficient (Wildman–Crippen LogP) is 2.60. The van der Waals surface area contributed by atoms with Crippen molar-refractivity contribution < 1.29 is 38.6 Å². The van der Waals surface area contributed by atoms with Crippen LogP contribution in [-0.2, 0) is 23.9 Å². The van der Waals surface area contributed by atoms with Crippen LogP contribution in [0.3, 0.4) is 0 Å². The van der Waals surface area contributed by atoms with E-state index in [2.05, 4.69) is 5.32 Å². The van der Waals surface area contributed by atoms with Crippen LogP contribution in [0, 0.1) is 0 Å². The molecule has 2 N–H and O–H groups in total. The fourth-order valence-electron chi connectivity index (χ4n) is 4.45. The topological polar surface area (TPSA) is 146 Å². The van der Waals surface area contributed by atoms with Crippen LogP contribution in [0.25, 0.3) is 0 Å². The minimum atomic E-state index is -1.40. The number of amides is 3. The Hall–Kier alpha value is -3.52. The van der Waals surface area contributed by atoms with Crippen molar-refractivity contribution in [1.29, 1.82) is 0 Å². The monoisotopic (exact) mass is 592 g/mol. The molecule has 2 atom stereocenters. The van der Waals surface area contributed by atoms with Crippen LogP contribution in [0.1, 0.15) is 28.9 Å². The molecule has 2 fully saturated rings. The van der Waals surface area contributed by atoms with Crippen molar-refractivity contribution in [3.8, 4) is 0 Å². The number of rotatable bonds is 13. The SMILES string of the molecule is O=CCCCCN[C@H](C(=O)O)N(C[C@H]1CN(c2ccc(N3CCOCC3=O)cc2)C(=O)O1)C(=O)c1ccc(Cl)s1. The number of anilines is 2. The Balaban J connectivity index is 1.48. The number of nitrogens with one attached hydrogen (secondary N) is 1. The van der Waals surface area contributed by atoms with Gasteiger partial charge in [-0.25, -0.2) is 9.59 Å². The molecular weight excluding hydrogens is 564 g/mol. The largest absolute Gasteiger partial charge is 0.479 e. The standard InChI is InChI=1S/C26H29ClN4O8S/c27-21-9-8-20(40-21)24(34)31(23(25(35)36)28-10-2-1-3-12-32)15-19-14-30(26(37)39-19)18-6-4-17(5-7-18)29-11-13-38-16-22(29)33/h4-9,12,19,23,28H,1-3,10-11,13-16H2,(H,35,36)/t19-,23+/m1/s1. The summed E-state index contributed by atoms with van der Waals surface area (Å²) in [6.07, 6.45) is -0.596. The molecule has 0 aliphatic carbocycles. The van der Waals surface area contributed by atoms with Gasteiger partial charge in [0.2, 0.25) is 0 Å². The number of halogens is 1. The maximum absolute atomic E-state index is 13.4. The maximum atomic E-state index is 13.4. The highest BCUT2D eigenvalue weighted by atomic mass is 35.5. The Morgan fingerprint density at radius 3 is 2.50 bits per heavy atom. The Kier molecular flexibility index (Phi) is 10.1. The van der Waals surface area contributed by atoms with Gasteiger partial charge in [-0.2, -0.15) is 0 Å². The number of hydrogen-bond donors (Lipinski definition) is 2. The van der Waals surface area contributed by atoms with E-state index in [0.717, 1.165) is 22.5 Å². The summed E-state index contributed by atoms with van der Waals surface area (Å²) in [5, 5.41) is 12.8. The summed E-state index contributed by atoms with van der Waals surface area (Å²) in [6, 6.07) is 9.90. The van der Waals surface area contributed by atoms with Crippen molar-refractivity contribution in [2.45, 2.75) is 31.5 Å². The van der Waals surface area contributed by atoms with E-state index in [0.29, 0.717) is 48.1 Å². The highest BCUT2D eigenvalue weighted by Gasteiger charge is 2.39. The zero-order valence-electron chi connectivity index (χ0n) is 21.5. The molecule has 0 spiro atoms. The molecule has 40 heavy (non-hydrogen) atoms. The maximum Gasteiger partial charge on any atom is 0.414 e. The van der Waals surface area contributed by atoms with Crippen LogP contribution in [-0.4, -0.2) is 91.8 Å². The number of carbonyl (C=O) groups is 5. The average Bonchev–Trinajstić information content (AvgIpc) is 3.54. The lowest BCUT2D eigenvalue weighted by molar-refractivity contribution is -0.144. The van der Waals surface area contributed by atoms with Gasteiger partial charge in [-0.05, 0) is 55.8 Å². The van der Waals surface area contributed by atoms with Crippen LogP contribution < -0.4 is 15.1 Å². The first-order valence-corrected chi connectivity index (χ1v) is 13.9. The molecule has 3 heterocycles. The van der Waals surface area contributed by atoms with Crippen molar-refractivity contribution in [2.75, 3.05) is 49.2 Å². The second-order valence-corrected chi connectivity index (χ2v) is 10.9. The van der Waals surface area contributed by atoms with Crippen LogP contribution in [0.2, 0.25) is 4.34 Å². The van der Waals surface area contributed by atoms with Gasteiger partial charge in [0.25, 0.3) is 11.8 Å². The molecule has 14 heteroatoms. The summed E-state index contributed by atoms with van der Waals surface area (Å²) in [6.45, 7) is 1.03. The minimum absolute atomic E-state index is 0.0136. The summed E-state index contributed by atoms with van der Waals surface area (Å²) < 4.78 is 11.1. The molecule has 3 amide bonds. The summed E-state index contributed by atoms with van der Waals surface area (Å²) in [7, 11) is 0. The van der Waals surface area contributed by atoms with Crippen molar-refractivity contribution in [3.63, 3.8) is 0 Å². The number of unbranched alkanes of at least 4 members (excludes halogenated alkanes) is 2. The van der Waals surface area contributed by atoms with Gasteiger partial charge < -0.3 is 29.2 Å². The molecule has 2 aliphatic rings. The van der Waals surface area contributed by atoms with Gasteiger partial charge in [0.1, 0.15) is 19.0 Å². The van der Waals surface area contributed by atoms with Crippen LogP contribution in [0.4, 0.5) is 16.2 Å². The Morgan fingerprint density at radius 2 is 1.88 bits per heavy atom. The van der Waals surface area contributed by atoms with E-state index in [9.17, 15) is 29.1 Å². The number of cyclic esters (lactones) is 1. The Bertz CT molecular complexity index is 1240. The van der Waals surface area contributed by atoms with Crippen LogP contribution in [0.5, 0.6) is 0 Å². The number of hydrogen-bond acceptors (Lipinski definition) is 9. The number of carboxylic acids is 1. The summed E-state index contributed by atoms with van der Waals surface area (Å²) in [4.78, 5) is 65.5. The number of benzene rings is 1. The molecule has 0 radical (unpaired) electrons. The van der Waals surface area contributed by atoms with Crippen molar-refractivity contribution >= 4 is 64.5 Å². The molecule has 4 rings (SSSR count). The van der Waals surface area contributed by atoms with Crippen molar-refractivity contribution in [2.24, 2.45) is 0 Å².